The standard InChI is InChI=1S/C23H20F3N5O3/c1-13-9-17(29-34-13)19-7-4-8-30(19)22(32)18-12-21-27-16(14-5-3-6-15(10-14)33-2)11-20(23(24,25)26)31(21)28-18/h3,5-6,9-12,19H,4,7-8H2,1-2H3/t19-/m0/s1. The molecule has 4 aromatic rings. The van der Waals surface area contributed by atoms with Crippen LogP contribution in [0.15, 0.2) is 47.0 Å². The van der Waals surface area contributed by atoms with Gasteiger partial charge in [0.15, 0.2) is 17.0 Å². The molecule has 0 N–H and O–H groups in total. The number of nitrogens with zero attached hydrogens (tertiary/aromatic N) is 5. The monoisotopic (exact) mass is 471 g/mol. The minimum Gasteiger partial charge on any atom is -0.497 e. The van der Waals surface area contributed by atoms with Crippen molar-refractivity contribution in [3.63, 3.8) is 0 Å². The van der Waals surface area contributed by atoms with Crippen LogP contribution in [0, 0.1) is 6.92 Å². The van der Waals surface area contributed by atoms with E-state index in [1.54, 1.807) is 42.2 Å². The Kier molecular flexibility index (Phi) is 5.26. The summed E-state index contributed by atoms with van der Waals surface area (Å²) in [5.41, 5.74) is -0.0740. The number of likely N-dealkylation sites (tertiary alicyclic amines) is 1. The highest BCUT2D eigenvalue weighted by Gasteiger charge is 2.37. The molecule has 4 heterocycles. The molecule has 0 aliphatic carbocycles. The van der Waals surface area contributed by atoms with Gasteiger partial charge in [0.1, 0.15) is 17.2 Å². The number of alkyl halides is 3. The third kappa shape index (κ3) is 3.87. The van der Waals surface area contributed by atoms with Crippen LogP contribution < -0.4 is 4.74 Å². The van der Waals surface area contributed by atoms with Crippen molar-refractivity contribution in [3.05, 3.63) is 65.3 Å². The Morgan fingerprint density at radius 2 is 2.03 bits per heavy atom. The topological polar surface area (TPSA) is 85.8 Å². The second kappa shape index (κ2) is 8.15. The predicted octanol–water partition coefficient (Wildman–Crippen LogP) is 4.70. The number of fused-ring (bicyclic) bond motifs is 1. The van der Waals surface area contributed by atoms with Crippen molar-refractivity contribution in [3.8, 4) is 17.0 Å². The van der Waals surface area contributed by atoms with Gasteiger partial charge in [-0.25, -0.2) is 9.50 Å². The smallest absolute Gasteiger partial charge is 0.433 e. The number of rotatable bonds is 4. The number of aromatic nitrogens is 4. The lowest BCUT2D eigenvalue weighted by atomic mass is 10.1. The highest BCUT2D eigenvalue weighted by Crippen LogP contribution is 2.35. The van der Waals surface area contributed by atoms with Crippen LogP contribution in [-0.2, 0) is 6.18 Å². The Labute approximate surface area is 191 Å². The summed E-state index contributed by atoms with van der Waals surface area (Å²) in [6.07, 6.45) is -3.30. The second-order valence-electron chi connectivity index (χ2n) is 8.07. The van der Waals surface area contributed by atoms with Crippen molar-refractivity contribution >= 4 is 11.6 Å². The number of ether oxygens (including phenoxy) is 1. The summed E-state index contributed by atoms with van der Waals surface area (Å²) >= 11 is 0. The largest absolute Gasteiger partial charge is 0.497 e. The van der Waals surface area contributed by atoms with E-state index in [4.69, 9.17) is 9.26 Å². The highest BCUT2D eigenvalue weighted by atomic mass is 19.4. The molecule has 0 bridgehead atoms. The molecule has 1 saturated heterocycles. The van der Waals surface area contributed by atoms with E-state index in [9.17, 15) is 18.0 Å². The summed E-state index contributed by atoms with van der Waals surface area (Å²) in [6.45, 7) is 2.20. The van der Waals surface area contributed by atoms with Crippen LogP contribution in [0.4, 0.5) is 13.2 Å². The molecule has 0 unspecified atom stereocenters. The fraction of sp³-hybridized carbons (Fsp3) is 0.304. The molecule has 1 atom stereocenters. The maximum absolute atomic E-state index is 13.9. The lowest BCUT2D eigenvalue weighted by Crippen LogP contribution is -2.31. The number of carbonyl (C=O) groups is 1. The summed E-state index contributed by atoms with van der Waals surface area (Å²) < 4.78 is 52.8. The number of hydrogen-bond acceptors (Lipinski definition) is 6. The average Bonchev–Trinajstić information content (AvgIpc) is 3.56. The van der Waals surface area contributed by atoms with E-state index >= 15 is 0 Å². The molecular formula is C23H20F3N5O3. The van der Waals surface area contributed by atoms with Gasteiger partial charge >= 0.3 is 6.18 Å². The number of amides is 1. The van der Waals surface area contributed by atoms with Crippen molar-refractivity contribution in [1.82, 2.24) is 24.7 Å². The van der Waals surface area contributed by atoms with Crippen molar-refractivity contribution in [2.75, 3.05) is 13.7 Å². The van der Waals surface area contributed by atoms with Gasteiger partial charge < -0.3 is 14.2 Å². The molecule has 0 radical (unpaired) electrons. The van der Waals surface area contributed by atoms with Crippen LogP contribution in [0.25, 0.3) is 16.9 Å². The number of hydrogen-bond donors (Lipinski definition) is 0. The van der Waals surface area contributed by atoms with E-state index in [1.807, 2.05) is 0 Å². The minimum absolute atomic E-state index is 0.0796. The summed E-state index contributed by atoms with van der Waals surface area (Å²) in [5, 5.41) is 8.01. The average molecular weight is 471 g/mol. The fourth-order valence-electron chi connectivity index (χ4n) is 4.22. The molecule has 1 aliphatic rings. The molecular weight excluding hydrogens is 451 g/mol. The highest BCUT2D eigenvalue weighted by molar-refractivity contribution is 5.94. The molecule has 8 nitrogen and oxygen atoms in total. The molecule has 3 aromatic heterocycles. The first-order valence-electron chi connectivity index (χ1n) is 10.6. The zero-order valence-electron chi connectivity index (χ0n) is 18.3. The Morgan fingerprint density at radius 3 is 2.74 bits per heavy atom. The Morgan fingerprint density at radius 1 is 1.21 bits per heavy atom. The van der Waals surface area contributed by atoms with E-state index in [-0.39, 0.29) is 23.1 Å². The first kappa shape index (κ1) is 21.9. The normalized spacial score (nSPS) is 16.4. The van der Waals surface area contributed by atoms with Crippen molar-refractivity contribution < 1.29 is 27.2 Å². The molecule has 1 fully saturated rings. The molecule has 11 heteroatoms. The number of benzene rings is 1. The summed E-state index contributed by atoms with van der Waals surface area (Å²) in [4.78, 5) is 19.2. The van der Waals surface area contributed by atoms with Gasteiger partial charge in [0, 0.05) is 24.2 Å². The molecule has 1 aliphatic heterocycles. The van der Waals surface area contributed by atoms with E-state index < -0.39 is 17.8 Å². The lowest BCUT2D eigenvalue weighted by molar-refractivity contribution is -0.142. The van der Waals surface area contributed by atoms with Gasteiger partial charge in [-0.3, -0.25) is 4.79 Å². The SMILES string of the molecule is COc1cccc(-c2cc(C(F)(F)F)n3nc(C(=O)N4CCC[C@H]4c4cc(C)on4)cc3n2)c1. The van der Waals surface area contributed by atoms with Gasteiger partial charge in [-0.1, -0.05) is 17.3 Å². The number of aryl methyl sites for hydroxylation is 1. The molecule has 5 rings (SSSR count). The van der Waals surface area contributed by atoms with Crippen LogP contribution in [0.1, 0.15) is 46.5 Å². The third-order valence-electron chi connectivity index (χ3n) is 5.80. The summed E-state index contributed by atoms with van der Waals surface area (Å²) in [7, 11) is 1.47. The van der Waals surface area contributed by atoms with Crippen molar-refractivity contribution in [1.29, 1.82) is 0 Å². The minimum atomic E-state index is -4.71. The number of carbonyl (C=O) groups excluding carboxylic acids is 1. The maximum Gasteiger partial charge on any atom is 0.433 e. The first-order valence-corrected chi connectivity index (χ1v) is 10.6. The molecule has 176 valence electrons. The molecule has 34 heavy (non-hydrogen) atoms. The molecule has 1 amide bonds. The predicted molar refractivity (Wildman–Crippen MR) is 114 cm³/mol. The molecule has 0 saturated carbocycles. The summed E-state index contributed by atoms with van der Waals surface area (Å²) in [6, 6.07) is 10.2. The third-order valence-corrected chi connectivity index (χ3v) is 5.80. The molecule has 1 aromatic carbocycles. The van der Waals surface area contributed by atoms with Gasteiger partial charge in [0.25, 0.3) is 5.91 Å². The van der Waals surface area contributed by atoms with Crippen LogP contribution in [0.2, 0.25) is 0 Å². The number of halogens is 3. The quantitative estimate of drug-likeness (QED) is 0.429. The van der Waals surface area contributed by atoms with Crippen molar-refractivity contribution in [2.45, 2.75) is 32.0 Å². The van der Waals surface area contributed by atoms with E-state index in [1.165, 1.54) is 13.2 Å². The van der Waals surface area contributed by atoms with Crippen LogP contribution in [0.3, 0.4) is 0 Å². The Balaban J connectivity index is 1.57. The Bertz CT molecular complexity index is 1380. The summed E-state index contributed by atoms with van der Waals surface area (Å²) in [5.74, 6) is 0.621. The van der Waals surface area contributed by atoms with Crippen molar-refractivity contribution in [2.24, 2.45) is 0 Å². The lowest BCUT2D eigenvalue weighted by Gasteiger charge is -2.21. The molecule has 0 spiro atoms. The van der Waals surface area contributed by atoms with Gasteiger partial charge in [0.05, 0.1) is 18.8 Å². The van der Waals surface area contributed by atoms with E-state index in [2.05, 4.69) is 15.2 Å². The van der Waals surface area contributed by atoms with Gasteiger partial charge in [-0.05, 0) is 38.0 Å². The van der Waals surface area contributed by atoms with E-state index in [0.717, 1.165) is 12.5 Å². The maximum atomic E-state index is 13.9. The van der Waals surface area contributed by atoms with Crippen LogP contribution >= 0.6 is 0 Å². The number of methoxy groups -OCH3 is 1. The second-order valence-corrected chi connectivity index (χ2v) is 8.07. The Hall–Kier alpha value is -3.89. The van der Waals surface area contributed by atoms with Gasteiger partial charge in [0.2, 0.25) is 0 Å². The van der Waals surface area contributed by atoms with Crippen LogP contribution in [-0.4, -0.2) is 44.2 Å². The van der Waals surface area contributed by atoms with E-state index in [0.29, 0.717) is 40.2 Å². The van der Waals surface area contributed by atoms with Gasteiger partial charge in [-0.15, -0.1) is 0 Å². The zero-order valence-corrected chi connectivity index (χ0v) is 18.3. The first-order chi connectivity index (χ1) is 16.2. The fourth-order valence-corrected chi connectivity index (χ4v) is 4.22. The van der Waals surface area contributed by atoms with Gasteiger partial charge in [-0.2, -0.15) is 18.3 Å². The zero-order chi connectivity index (χ0) is 24.0. The van der Waals surface area contributed by atoms with Crippen LogP contribution in [0.5, 0.6) is 5.75 Å².